The van der Waals surface area contributed by atoms with E-state index in [-0.39, 0.29) is 6.10 Å². The van der Waals surface area contributed by atoms with Gasteiger partial charge in [-0.3, -0.25) is 10.1 Å². The molecule has 0 aromatic rings. The van der Waals surface area contributed by atoms with Crippen LogP contribution in [0.3, 0.4) is 0 Å². The summed E-state index contributed by atoms with van der Waals surface area (Å²) in [4.78, 5) is 11.4. The first-order chi connectivity index (χ1) is 10.0. The van der Waals surface area contributed by atoms with Gasteiger partial charge in [0.2, 0.25) is 0 Å². The molecular formula is C16H29NO4. The highest BCUT2D eigenvalue weighted by Crippen LogP contribution is 2.26. The number of ether oxygens (including phenoxy) is 2. The molecule has 2 saturated carbocycles. The standard InChI is InChI=1S/C16H29NO4/c1-16(15(18)19,17-12-7-8-12)9-4-10-21-14-6-3-5-13(11-14)20-2/h12-14,17H,3-11H2,1-2H3,(H,18,19). The molecule has 2 fully saturated rings. The van der Waals surface area contributed by atoms with Crippen LogP contribution < -0.4 is 5.32 Å². The van der Waals surface area contributed by atoms with Crippen LogP contribution >= 0.6 is 0 Å². The van der Waals surface area contributed by atoms with Crippen molar-refractivity contribution in [3.63, 3.8) is 0 Å². The molecule has 0 aliphatic heterocycles. The normalized spacial score (nSPS) is 29.0. The Balaban J connectivity index is 1.66. The predicted molar refractivity (Wildman–Crippen MR) is 80.4 cm³/mol. The first kappa shape index (κ1) is 16.7. The van der Waals surface area contributed by atoms with E-state index in [9.17, 15) is 9.90 Å². The minimum atomic E-state index is -0.813. The quantitative estimate of drug-likeness (QED) is 0.640. The maximum Gasteiger partial charge on any atom is 0.323 e. The van der Waals surface area contributed by atoms with Gasteiger partial charge < -0.3 is 14.6 Å². The molecule has 0 spiro atoms. The number of hydrogen-bond donors (Lipinski definition) is 2. The van der Waals surface area contributed by atoms with Crippen LogP contribution in [0.5, 0.6) is 0 Å². The van der Waals surface area contributed by atoms with Gasteiger partial charge in [0.15, 0.2) is 0 Å². The number of rotatable bonds is 9. The van der Waals surface area contributed by atoms with Crippen molar-refractivity contribution in [1.82, 2.24) is 5.32 Å². The third kappa shape index (κ3) is 5.24. The Hall–Kier alpha value is -0.650. The molecule has 3 unspecified atom stereocenters. The van der Waals surface area contributed by atoms with E-state index in [0.29, 0.717) is 25.2 Å². The average Bonchev–Trinajstić information content (AvgIpc) is 3.27. The van der Waals surface area contributed by atoms with E-state index in [0.717, 1.165) is 44.9 Å². The van der Waals surface area contributed by atoms with Gasteiger partial charge in [-0.25, -0.2) is 0 Å². The summed E-state index contributed by atoms with van der Waals surface area (Å²) in [5.41, 5.74) is -0.813. The van der Waals surface area contributed by atoms with Crippen LogP contribution in [0, 0.1) is 0 Å². The molecule has 0 heterocycles. The van der Waals surface area contributed by atoms with Crippen molar-refractivity contribution in [3.8, 4) is 0 Å². The number of carbonyl (C=O) groups is 1. The molecule has 2 N–H and O–H groups in total. The Labute approximate surface area is 127 Å². The lowest BCUT2D eigenvalue weighted by Crippen LogP contribution is -2.50. The van der Waals surface area contributed by atoms with Crippen LogP contribution in [0.4, 0.5) is 0 Å². The van der Waals surface area contributed by atoms with Gasteiger partial charge in [-0.15, -0.1) is 0 Å². The van der Waals surface area contributed by atoms with Crippen LogP contribution in [-0.4, -0.2) is 48.6 Å². The van der Waals surface area contributed by atoms with Crippen LogP contribution in [0.2, 0.25) is 0 Å². The summed E-state index contributed by atoms with van der Waals surface area (Å²) in [6, 6.07) is 0.396. The highest BCUT2D eigenvalue weighted by Gasteiger charge is 2.38. The number of nitrogens with one attached hydrogen (secondary N) is 1. The first-order valence-electron chi connectivity index (χ1n) is 8.19. The van der Waals surface area contributed by atoms with E-state index in [1.807, 2.05) is 0 Å². The Kier molecular flexibility index (Phi) is 6.02. The zero-order chi connectivity index (χ0) is 15.3. The monoisotopic (exact) mass is 299 g/mol. The minimum Gasteiger partial charge on any atom is -0.480 e. The molecule has 2 aliphatic rings. The van der Waals surface area contributed by atoms with Gasteiger partial charge in [-0.2, -0.15) is 0 Å². The van der Waals surface area contributed by atoms with Crippen LogP contribution in [0.25, 0.3) is 0 Å². The van der Waals surface area contributed by atoms with E-state index < -0.39 is 11.5 Å². The number of aliphatic carboxylic acids is 1. The van der Waals surface area contributed by atoms with Crippen LogP contribution in [0.15, 0.2) is 0 Å². The third-order valence-corrected chi connectivity index (χ3v) is 4.66. The van der Waals surface area contributed by atoms with Gasteiger partial charge >= 0.3 is 5.97 Å². The van der Waals surface area contributed by atoms with Crippen molar-refractivity contribution in [3.05, 3.63) is 0 Å². The molecule has 0 amide bonds. The molecule has 5 nitrogen and oxygen atoms in total. The highest BCUT2D eigenvalue weighted by atomic mass is 16.5. The molecule has 0 radical (unpaired) electrons. The molecule has 5 heteroatoms. The van der Waals surface area contributed by atoms with Gasteiger partial charge in [0, 0.05) is 19.8 Å². The number of methoxy groups -OCH3 is 1. The molecule has 0 saturated heterocycles. The van der Waals surface area contributed by atoms with Crippen LogP contribution in [0.1, 0.15) is 58.3 Å². The lowest BCUT2D eigenvalue weighted by molar-refractivity contribution is -0.144. The van der Waals surface area contributed by atoms with E-state index in [1.54, 1.807) is 14.0 Å². The molecule has 21 heavy (non-hydrogen) atoms. The summed E-state index contributed by atoms with van der Waals surface area (Å²) in [5, 5.41) is 12.7. The number of hydrogen-bond acceptors (Lipinski definition) is 4. The van der Waals surface area contributed by atoms with Crippen molar-refractivity contribution < 1.29 is 19.4 Å². The van der Waals surface area contributed by atoms with Crippen molar-refractivity contribution in [1.29, 1.82) is 0 Å². The zero-order valence-electron chi connectivity index (χ0n) is 13.3. The molecule has 0 bridgehead atoms. The van der Waals surface area contributed by atoms with Gasteiger partial charge in [0.25, 0.3) is 0 Å². The largest absolute Gasteiger partial charge is 0.480 e. The van der Waals surface area contributed by atoms with Gasteiger partial charge in [0.1, 0.15) is 5.54 Å². The van der Waals surface area contributed by atoms with Crippen LogP contribution in [-0.2, 0) is 14.3 Å². The van der Waals surface area contributed by atoms with Gasteiger partial charge in [0.05, 0.1) is 12.2 Å². The second-order valence-electron chi connectivity index (χ2n) is 6.68. The second kappa shape index (κ2) is 7.56. The second-order valence-corrected chi connectivity index (χ2v) is 6.68. The zero-order valence-corrected chi connectivity index (χ0v) is 13.3. The summed E-state index contributed by atoms with van der Waals surface area (Å²) in [6.07, 6.45) is 8.51. The molecule has 3 atom stereocenters. The minimum absolute atomic E-state index is 0.274. The van der Waals surface area contributed by atoms with Crippen molar-refractivity contribution in [2.45, 2.75) is 82.1 Å². The Morgan fingerprint density at radius 3 is 2.62 bits per heavy atom. The van der Waals surface area contributed by atoms with E-state index in [4.69, 9.17) is 9.47 Å². The highest BCUT2D eigenvalue weighted by molar-refractivity contribution is 5.78. The average molecular weight is 299 g/mol. The Morgan fingerprint density at radius 1 is 1.29 bits per heavy atom. The SMILES string of the molecule is COC1CCCC(OCCCC(C)(NC2CC2)C(=O)O)C1. The fourth-order valence-electron chi connectivity index (χ4n) is 3.06. The van der Waals surface area contributed by atoms with Crippen molar-refractivity contribution in [2.24, 2.45) is 0 Å². The Bertz CT molecular complexity index is 345. The maximum atomic E-state index is 11.4. The molecule has 122 valence electrons. The third-order valence-electron chi connectivity index (χ3n) is 4.66. The molecule has 2 aliphatic carbocycles. The predicted octanol–water partition coefficient (Wildman–Crippen LogP) is 2.34. The summed E-state index contributed by atoms with van der Waals surface area (Å²) in [7, 11) is 1.76. The smallest absolute Gasteiger partial charge is 0.323 e. The lowest BCUT2D eigenvalue weighted by Gasteiger charge is -2.29. The van der Waals surface area contributed by atoms with E-state index >= 15 is 0 Å². The summed E-state index contributed by atoms with van der Waals surface area (Å²) >= 11 is 0. The number of carboxylic acid groups (broad SMARTS) is 1. The van der Waals surface area contributed by atoms with E-state index in [1.165, 1.54) is 0 Å². The summed E-state index contributed by atoms with van der Waals surface area (Å²) in [5.74, 6) is -0.758. The molecule has 2 rings (SSSR count). The van der Waals surface area contributed by atoms with Crippen molar-refractivity contribution >= 4 is 5.97 Å². The van der Waals surface area contributed by atoms with Gasteiger partial charge in [-0.05, 0) is 58.3 Å². The topological polar surface area (TPSA) is 67.8 Å². The fraction of sp³-hybridized carbons (Fsp3) is 0.938. The first-order valence-corrected chi connectivity index (χ1v) is 8.19. The number of carboxylic acids is 1. The fourth-order valence-corrected chi connectivity index (χ4v) is 3.06. The lowest BCUT2D eigenvalue weighted by atomic mass is 9.94. The molecular weight excluding hydrogens is 270 g/mol. The van der Waals surface area contributed by atoms with E-state index in [2.05, 4.69) is 5.32 Å². The summed E-state index contributed by atoms with van der Waals surface area (Å²) in [6.45, 7) is 2.42. The summed E-state index contributed by atoms with van der Waals surface area (Å²) < 4.78 is 11.3. The molecule has 0 aromatic heterocycles. The maximum absolute atomic E-state index is 11.4. The molecule has 0 aromatic carbocycles. The van der Waals surface area contributed by atoms with Crippen molar-refractivity contribution in [2.75, 3.05) is 13.7 Å². The van der Waals surface area contributed by atoms with Gasteiger partial charge in [-0.1, -0.05) is 0 Å². The Morgan fingerprint density at radius 2 is 2.00 bits per heavy atom.